The molecule has 3 heterocycles. The fraction of sp³-hybridized carbons (Fsp3) is 0. The standard InChI is InChI=1S/C16H11N7/c1-2-6-12-11(5-1)13(22-15-17-7-3-8-18-15)21-14(12)23-16-19-9-4-10-20-16/h1-10H,(H,17,18,19,20,21,22,23). The molecule has 23 heavy (non-hydrogen) atoms. The maximum Gasteiger partial charge on any atom is 0.251 e. The predicted octanol–water partition coefficient (Wildman–Crippen LogP) is 2.03. The molecule has 7 nitrogen and oxygen atoms in total. The van der Waals surface area contributed by atoms with Gasteiger partial charge >= 0.3 is 0 Å². The largest absolute Gasteiger partial charge is 0.324 e. The summed E-state index contributed by atoms with van der Waals surface area (Å²) in [7, 11) is 0. The van der Waals surface area contributed by atoms with Gasteiger partial charge in [0.05, 0.1) is 0 Å². The molecule has 0 saturated carbocycles. The van der Waals surface area contributed by atoms with E-state index >= 15 is 0 Å². The molecule has 0 fully saturated rings. The van der Waals surface area contributed by atoms with Gasteiger partial charge in [-0.3, -0.25) is 0 Å². The van der Waals surface area contributed by atoms with Crippen LogP contribution in [-0.2, 0) is 0 Å². The minimum atomic E-state index is 0.391. The lowest BCUT2D eigenvalue weighted by molar-refractivity contribution is 1.12. The summed E-state index contributed by atoms with van der Waals surface area (Å²) in [5.41, 5.74) is 1.88. The molecule has 110 valence electrons. The van der Waals surface area contributed by atoms with Crippen molar-refractivity contribution in [3.63, 3.8) is 0 Å². The van der Waals surface area contributed by atoms with Crippen molar-refractivity contribution in [3.8, 4) is 0 Å². The Labute approximate surface area is 131 Å². The van der Waals surface area contributed by atoms with E-state index in [1.54, 1.807) is 36.9 Å². The predicted molar refractivity (Wildman–Crippen MR) is 86.0 cm³/mol. The number of benzene rings is 1. The van der Waals surface area contributed by atoms with Gasteiger partial charge < -0.3 is 5.32 Å². The van der Waals surface area contributed by atoms with Crippen LogP contribution in [0.1, 0.15) is 11.1 Å². The monoisotopic (exact) mass is 301 g/mol. The van der Waals surface area contributed by atoms with Gasteiger partial charge in [0, 0.05) is 35.9 Å². The van der Waals surface area contributed by atoms with E-state index in [0.717, 1.165) is 11.1 Å². The first-order chi connectivity index (χ1) is 11.4. The Bertz CT molecular complexity index is 814. The molecule has 0 amide bonds. The SMILES string of the molecule is c1cnc(/N=C2\N/C(=N\c3ncccn3)c3ccccc32)nc1. The summed E-state index contributed by atoms with van der Waals surface area (Å²) in [6.07, 6.45) is 6.61. The Balaban J connectivity index is 1.78. The second-order valence-corrected chi connectivity index (χ2v) is 4.69. The molecular weight excluding hydrogens is 290 g/mol. The first-order valence-corrected chi connectivity index (χ1v) is 6.98. The number of aliphatic imine (C=N–C) groups is 2. The smallest absolute Gasteiger partial charge is 0.251 e. The lowest BCUT2D eigenvalue weighted by Gasteiger charge is -1.99. The Morgan fingerprint density at radius 1 is 0.609 bits per heavy atom. The van der Waals surface area contributed by atoms with E-state index in [1.165, 1.54) is 0 Å². The van der Waals surface area contributed by atoms with Crippen LogP contribution in [0.25, 0.3) is 0 Å². The van der Waals surface area contributed by atoms with Crippen molar-refractivity contribution in [3.05, 3.63) is 72.3 Å². The molecular formula is C16H11N7. The highest BCUT2D eigenvalue weighted by Gasteiger charge is 2.23. The fourth-order valence-corrected chi connectivity index (χ4v) is 2.22. The van der Waals surface area contributed by atoms with Crippen LogP contribution in [-0.4, -0.2) is 31.6 Å². The second-order valence-electron chi connectivity index (χ2n) is 4.69. The molecule has 7 heteroatoms. The number of fused-ring (bicyclic) bond motifs is 1. The second kappa shape index (κ2) is 5.72. The summed E-state index contributed by atoms with van der Waals surface area (Å²) in [4.78, 5) is 25.4. The Hall–Kier alpha value is -3.48. The van der Waals surface area contributed by atoms with Crippen molar-refractivity contribution in [2.45, 2.75) is 0 Å². The maximum absolute atomic E-state index is 4.45. The molecule has 1 aliphatic heterocycles. The zero-order chi connectivity index (χ0) is 15.5. The summed E-state index contributed by atoms with van der Waals surface area (Å²) >= 11 is 0. The molecule has 1 N–H and O–H groups in total. The van der Waals surface area contributed by atoms with Crippen LogP contribution in [0.15, 0.2) is 71.2 Å². The van der Waals surface area contributed by atoms with Crippen molar-refractivity contribution < 1.29 is 0 Å². The molecule has 4 rings (SSSR count). The van der Waals surface area contributed by atoms with E-state index in [2.05, 4.69) is 35.2 Å². The van der Waals surface area contributed by atoms with Crippen LogP contribution in [0.2, 0.25) is 0 Å². The summed E-state index contributed by atoms with van der Waals surface area (Å²) in [6.45, 7) is 0. The van der Waals surface area contributed by atoms with Gasteiger partial charge in [-0.15, -0.1) is 0 Å². The first kappa shape index (κ1) is 13.2. The molecule has 0 aliphatic carbocycles. The minimum Gasteiger partial charge on any atom is -0.324 e. The van der Waals surface area contributed by atoms with E-state index in [4.69, 9.17) is 0 Å². The summed E-state index contributed by atoms with van der Waals surface area (Å²) in [5, 5.41) is 3.19. The van der Waals surface area contributed by atoms with Gasteiger partial charge in [-0.05, 0) is 12.1 Å². The van der Waals surface area contributed by atoms with Crippen LogP contribution >= 0.6 is 0 Å². The molecule has 0 radical (unpaired) electrons. The Morgan fingerprint density at radius 3 is 1.48 bits per heavy atom. The number of nitrogens with zero attached hydrogens (tertiary/aromatic N) is 6. The van der Waals surface area contributed by atoms with Crippen LogP contribution in [0.4, 0.5) is 11.9 Å². The van der Waals surface area contributed by atoms with Gasteiger partial charge in [-0.25, -0.2) is 19.9 Å². The van der Waals surface area contributed by atoms with Crippen molar-refractivity contribution in [2.24, 2.45) is 9.98 Å². The Morgan fingerprint density at radius 2 is 1.04 bits per heavy atom. The van der Waals surface area contributed by atoms with E-state index in [1.807, 2.05) is 24.3 Å². The third kappa shape index (κ3) is 2.67. The van der Waals surface area contributed by atoms with Crippen LogP contribution in [0.3, 0.4) is 0 Å². The highest BCUT2D eigenvalue weighted by Crippen LogP contribution is 2.19. The molecule has 0 spiro atoms. The molecule has 0 saturated heterocycles. The average molecular weight is 301 g/mol. The van der Waals surface area contributed by atoms with Crippen molar-refractivity contribution in [1.82, 2.24) is 25.3 Å². The highest BCUT2D eigenvalue weighted by atomic mass is 15.2. The lowest BCUT2D eigenvalue weighted by Crippen LogP contribution is -2.22. The summed E-state index contributed by atoms with van der Waals surface area (Å²) in [6, 6.07) is 11.3. The number of rotatable bonds is 2. The van der Waals surface area contributed by atoms with Gasteiger partial charge in [0.1, 0.15) is 11.7 Å². The molecule has 1 aromatic carbocycles. The zero-order valence-corrected chi connectivity index (χ0v) is 12.0. The molecule has 0 bridgehead atoms. The third-order valence-electron chi connectivity index (χ3n) is 3.20. The van der Waals surface area contributed by atoms with Crippen LogP contribution in [0, 0.1) is 0 Å². The third-order valence-corrected chi connectivity index (χ3v) is 3.20. The van der Waals surface area contributed by atoms with Crippen molar-refractivity contribution in [2.75, 3.05) is 0 Å². The minimum absolute atomic E-state index is 0.391. The normalized spacial score (nSPS) is 16.3. The average Bonchev–Trinajstić information content (AvgIpc) is 2.95. The number of amidine groups is 2. The van der Waals surface area contributed by atoms with E-state index in [-0.39, 0.29) is 0 Å². The number of hydrogen-bond acceptors (Lipinski definition) is 6. The highest BCUT2D eigenvalue weighted by molar-refractivity contribution is 6.26. The quantitative estimate of drug-likeness (QED) is 0.782. The van der Waals surface area contributed by atoms with Crippen molar-refractivity contribution >= 4 is 23.6 Å². The van der Waals surface area contributed by atoms with Crippen LogP contribution < -0.4 is 5.32 Å². The van der Waals surface area contributed by atoms with Gasteiger partial charge in [-0.1, -0.05) is 24.3 Å². The fourth-order valence-electron chi connectivity index (χ4n) is 2.22. The molecule has 2 aromatic heterocycles. The number of nitrogens with one attached hydrogen (secondary N) is 1. The summed E-state index contributed by atoms with van der Waals surface area (Å²) in [5.74, 6) is 2.09. The van der Waals surface area contributed by atoms with E-state index in [0.29, 0.717) is 23.6 Å². The topological polar surface area (TPSA) is 88.3 Å². The maximum atomic E-state index is 4.45. The van der Waals surface area contributed by atoms with Gasteiger partial charge in [0.2, 0.25) is 0 Å². The molecule has 3 aromatic rings. The Kier molecular flexibility index (Phi) is 3.28. The lowest BCUT2D eigenvalue weighted by atomic mass is 10.1. The zero-order valence-electron chi connectivity index (χ0n) is 12.0. The summed E-state index contributed by atoms with van der Waals surface area (Å²) < 4.78 is 0. The van der Waals surface area contributed by atoms with Crippen LogP contribution in [0.5, 0.6) is 0 Å². The van der Waals surface area contributed by atoms with Gasteiger partial charge in [0.15, 0.2) is 0 Å². The van der Waals surface area contributed by atoms with Crippen molar-refractivity contribution in [1.29, 1.82) is 0 Å². The van der Waals surface area contributed by atoms with E-state index in [9.17, 15) is 0 Å². The van der Waals surface area contributed by atoms with Gasteiger partial charge in [0.25, 0.3) is 11.9 Å². The van der Waals surface area contributed by atoms with E-state index < -0.39 is 0 Å². The number of hydrogen-bond donors (Lipinski definition) is 1. The number of aromatic nitrogens is 4. The van der Waals surface area contributed by atoms with Gasteiger partial charge in [-0.2, -0.15) is 9.98 Å². The first-order valence-electron chi connectivity index (χ1n) is 6.98. The molecule has 0 unspecified atom stereocenters. The molecule has 0 atom stereocenters. The molecule has 1 aliphatic rings.